The van der Waals surface area contributed by atoms with E-state index in [-0.39, 0.29) is 17.9 Å². The molecule has 24 heavy (non-hydrogen) atoms. The highest BCUT2D eigenvalue weighted by molar-refractivity contribution is 5.97. The summed E-state index contributed by atoms with van der Waals surface area (Å²) < 4.78 is 5.54. The summed E-state index contributed by atoms with van der Waals surface area (Å²) in [6.07, 6.45) is 3.20. The number of ether oxygens (including phenoxy) is 1. The van der Waals surface area contributed by atoms with Crippen LogP contribution in [0.2, 0.25) is 0 Å². The van der Waals surface area contributed by atoms with Crippen LogP contribution in [0.5, 0.6) is 0 Å². The minimum absolute atomic E-state index is 0.0704. The van der Waals surface area contributed by atoms with Crippen molar-refractivity contribution < 1.29 is 9.53 Å². The maximum atomic E-state index is 12.4. The first kappa shape index (κ1) is 16.5. The largest absolute Gasteiger partial charge is 0.383 e. The number of para-hydroxylation sites is 2. The van der Waals surface area contributed by atoms with E-state index in [2.05, 4.69) is 15.6 Å². The van der Waals surface area contributed by atoms with Gasteiger partial charge in [-0.3, -0.25) is 9.78 Å². The molecule has 0 bridgehead atoms. The number of carbonyl (C=O) groups excluding carboxylic acids is 1. The van der Waals surface area contributed by atoms with E-state index in [1.807, 2.05) is 49.4 Å². The summed E-state index contributed by atoms with van der Waals surface area (Å²) in [6, 6.07) is 13.6. The van der Waals surface area contributed by atoms with Gasteiger partial charge in [0.2, 0.25) is 0 Å². The monoisotopic (exact) mass is 325 g/mol. The predicted molar refractivity (Wildman–Crippen MR) is 95.0 cm³/mol. The molecule has 1 aromatic heterocycles. The van der Waals surface area contributed by atoms with Crippen LogP contribution in [0.1, 0.15) is 19.0 Å². The van der Waals surface area contributed by atoms with Gasteiger partial charge >= 0.3 is 0 Å². The molecule has 0 radical (unpaired) electrons. The standard InChI is InChI=1S/C19H23N3O2/c1-14-10-13-24-18(14)19(23)22-17-8-3-2-7-16(17)21-12-9-15-6-4-5-11-20-15/h2-8,11,14,18,21H,9-10,12-13H2,1H3,(H,22,23)/t14-,18+/m1/s1. The highest BCUT2D eigenvalue weighted by Crippen LogP contribution is 2.25. The Morgan fingerprint density at radius 3 is 2.71 bits per heavy atom. The predicted octanol–water partition coefficient (Wildman–Crippen LogP) is 3.10. The highest BCUT2D eigenvalue weighted by Gasteiger charge is 2.31. The molecule has 0 saturated carbocycles. The topological polar surface area (TPSA) is 63.2 Å². The van der Waals surface area contributed by atoms with Crippen LogP contribution in [-0.4, -0.2) is 30.1 Å². The maximum Gasteiger partial charge on any atom is 0.253 e. The van der Waals surface area contributed by atoms with E-state index < -0.39 is 0 Å². The Labute approximate surface area is 142 Å². The molecule has 2 aromatic rings. The molecule has 2 N–H and O–H groups in total. The minimum Gasteiger partial charge on any atom is -0.383 e. The number of amides is 1. The van der Waals surface area contributed by atoms with E-state index in [0.717, 1.165) is 36.5 Å². The number of nitrogens with zero attached hydrogens (tertiary/aromatic N) is 1. The smallest absolute Gasteiger partial charge is 0.253 e. The molecular weight excluding hydrogens is 302 g/mol. The molecule has 1 fully saturated rings. The number of hydrogen-bond donors (Lipinski definition) is 2. The summed E-state index contributed by atoms with van der Waals surface area (Å²) in [5.74, 6) is 0.188. The quantitative estimate of drug-likeness (QED) is 0.856. The molecule has 3 rings (SSSR count). The first-order valence-corrected chi connectivity index (χ1v) is 8.39. The van der Waals surface area contributed by atoms with Crippen LogP contribution >= 0.6 is 0 Å². The number of pyridine rings is 1. The van der Waals surface area contributed by atoms with Crippen molar-refractivity contribution in [1.29, 1.82) is 0 Å². The molecule has 2 atom stereocenters. The molecule has 5 nitrogen and oxygen atoms in total. The van der Waals surface area contributed by atoms with Gasteiger partial charge in [0.1, 0.15) is 6.10 Å². The van der Waals surface area contributed by atoms with Crippen LogP contribution in [0.25, 0.3) is 0 Å². The van der Waals surface area contributed by atoms with Gasteiger partial charge in [0.15, 0.2) is 0 Å². The van der Waals surface area contributed by atoms with Crippen molar-refractivity contribution in [3.8, 4) is 0 Å². The van der Waals surface area contributed by atoms with E-state index in [1.54, 1.807) is 6.20 Å². The fourth-order valence-corrected chi connectivity index (χ4v) is 2.85. The van der Waals surface area contributed by atoms with Crippen LogP contribution in [-0.2, 0) is 16.0 Å². The lowest BCUT2D eigenvalue weighted by Crippen LogP contribution is -2.31. The number of benzene rings is 1. The Bertz CT molecular complexity index is 675. The Kier molecular flexibility index (Phi) is 5.43. The van der Waals surface area contributed by atoms with E-state index >= 15 is 0 Å². The molecule has 1 aliphatic rings. The summed E-state index contributed by atoms with van der Waals surface area (Å²) in [5, 5.41) is 6.36. The normalized spacial score (nSPS) is 19.9. The van der Waals surface area contributed by atoms with Crippen molar-refractivity contribution in [3.05, 3.63) is 54.4 Å². The van der Waals surface area contributed by atoms with Crippen molar-refractivity contribution >= 4 is 17.3 Å². The number of carbonyl (C=O) groups is 1. The SMILES string of the molecule is C[C@@H]1CCO[C@@H]1C(=O)Nc1ccccc1NCCc1ccccn1. The van der Waals surface area contributed by atoms with Crippen molar-refractivity contribution in [1.82, 2.24) is 4.98 Å². The fraction of sp³-hybridized carbons (Fsp3) is 0.368. The zero-order valence-electron chi connectivity index (χ0n) is 13.9. The maximum absolute atomic E-state index is 12.4. The second-order valence-electron chi connectivity index (χ2n) is 6.09. The number of rotatable bonds is 6. The van der Waals surface area contributed by atoms with Crippen LogP contribution in [0.3, 0.4) is 0 Å². The lowest BCUT2D eigenvalue weighted by atomic mass is 10.0. The molecular formula is C19H23N3O2. The van der Waals surface area contributed by atoms with Gasteiger partial charge in [-0.15, -0.1) is 0 Å². The van der Waals surface area contributed by atoms with Gasteiger partial charge in [-0.1, -0.05) is 25.1 Å². The second kappa shape index (κ2) is 7.93. The zero-order valence-corrected chi connectivity index (χ0v) is 13.9. The molecule has 1 amide bonds. The van der Waals surface area contributed by atoms with Gasteiger partial charge in [-0.25, -0.2) is 0 Å². The van der Waals surface area contributed by atoms with E-state index in [1.165, 1.54) is 0 Å². The third-order valence-corrected chi connectivity index (χ3v) is 4.25. The highest BCUT2D eigenvalue weighted by atomic mass is 16.5. The van der Waals surface area contributed by atoms with Crippen molar-refractivity contribution in [2.45, 2.75) is 25.9 Å². The summed E-state index contributed by atoms with van der Waals surface area (Å²) in [5.41, 5.74) is 2.73. The zero-order chi connectivity index (χ0) is 16.8. The average molecular weight is 325 g/mol. The summed E-state index contributed by atoms with van der Waals surface area (Å²) in [7, 11) is 0. The number of nitrogens with one attached hydrogen (secondary N) is 2. The molecule has 126 valence electrons. The molecule has 1 saturated heterocycles. The second-order valence-corrected chi connectivity index (χ2v) is 6.09. The third kappa shape index (κ3) is 4.11. The van der Waals surface area contributed by atoms with Crippen molar-refractivity contribution in [2.24, 2.45) is 5.92 Å². The van der Waals surface area contributed by atoms with Crippen LogP contribution in [0.4, 0.5) is 11.4 Å². The lowest BCUT2D eigenvalue weighted by molar-refractivity contribution is -0.126. The number of hydrogen-bond acceptors (Lipinski definition) is 4. The Hall–Kier alpha value is -2.40. The molecule has 5 heteroatoms. The van der Waals surface area contributed by atoms with Gasteiger partial charge in [-0.05, 0) is 36.6 Å². The molecule has 0 spiro atoms. The molecule has 1 aromatic carbocycles. The number of anilines is 2. The van der Waals surface area contributed by atoms with Crippen molar-refractivity contribution in [3.63, 3.8) is 0 Å². The molecule has 0 unspecified atom stereocenters. The fourth-order valence-electron chi connectivity index (χ4n) is 2.85. The first-order valence-electron chi connectivity index (χ1n) is 8.39. The van der Waals surface area contributed by atoms with Gasteiger partial charge in [0.25, 0.3) is 5.91 Å². The van der Waals surface area contributed by atoms with Gasteiger partial charge in [0.05, 0.1) is 11.4 Å². The van der Waals surface area contributed by atoms with E-state index in [4.69, 9.17) is 4.74 Å². The van der Waals surface area contributed by atoms with Crippen LogP contribution in [0.15, 0.2) is 48.7 Å². The lowest BCUT2D eigenvalue weighted by Gasteiger charge is -2.17. The van der Waals surface area contributed by atoms with Gasteiger partial charge in [-0.2, -0.15) is 0 Å². The average Bonchev–Trinajstić information content (AvgIpc) is 3.03. The molecule has 0 aliphatic carbocycles. The van der Waals surface area contributed by atoms with Gasteiger partial charge in [0, 0.05) is 31.5 Å². The van der Waals surface area contributed by atoms with E-state index in [9.17, 15) is 4.79 Å². The Morgan fingerprint density at radius 1 is 1.21 bits per heavy atom. The summed E-state index contributed by atoms with van der Waals surface area (Å²) >= 11 is 0. The molecule has 1 aliphatic heterocycles. The summed E-state index contributed by atoms with van der Waals surface area (Å²) in [6.45, 7) is 3.46. The number of aromatic nitrogens is 1. The third-order valence-electron chi connectivity index (χ3n) is 4.25. The Balaban J connectivity index is 1.59. The van der Waals surface area contributed by atoms with E-state index in [0.29, 0.717) is 6.61 Å². The Morgan fingerprint density at radius 2 is 2.00 bits per heavy atom. The summed E-state index contributed by atoms with van der Waals surface area (Å²) in [4.78, 5) is 16.7. The van der Waals surface area contributed by atoms with Gasteiger partial charge < -0.3 is 15.4 Å². The minimum atomic E-state index is -0.355. The van der Waals surface area contributed by atoms with Crippen LogP contribution < -0.4 is 10.6 Å². The molecule has 2 heterocycles. The van der Waals surface area contributed by atoms with Crippen LogP contribution in [0, 0.1) is 5.92 Å². The van der Waals surface area contributed by atoms with Crippen molar-refractivity contribution in [2.75, 3.05) is 23.8 Å². The first-order chi connectivity index (χ1) is 11.7.